The van der Waals surface area contributed by atoms with Gasteiger partial charge in [0, 0.05) is 58.1 Å². The van der Waals surface area contributed by atoms with Gasteiger partial charge in [-0.15, -0.1) is 0 Å². The normalized spacial score (nSPS) is 16.8. The molecule has 3 rings (SSSR count). The molecule has 1 fully saturated rings. The van der Waals surface area contributed by atoms with Crippen LogP contribution in [0.5, 0.6) is 5.75 Å². The van der Waals surface area contributed by atoms with Crippen LogP contribution >= 0.6 is 0 Å². The third kappa shape index (κ3) is 3.67. The van der Waals surface area contributed by atoms with Gasteiger partial charge in [-0.05, 0) is 6.07 Å². The monoisotopic (exact) mass is 300 g/mol. The fraction of sp³-hybridized carbons (Fsp3) is 0.471. The highest BCUT2D eigenvalue weighted by Gasteiger charge is 2.18. The lowest BCUT2D eigenvalue weighted by Crippen LogP contribution is -2.45. The van der Waals surface area contributed by atoms with Crippen molar-refractivity contribution in [2.24, 2.45) is 7.05 Å². The first kappa shape index (κ1) is 15.1. The van der Waals surface area contributed by atoms with Crippen LogP contribution in [0.4, 0.5) is 0 Å². The highest BCUT2D eigenvalue weighted by Crippen LogP contribution is 2.20. The highest BCUT2D eigenvalue weighted by atomic mass is 16.5. The maximum atomic E-state index is 5.44. The molecule has 0 atom stereocenters. The van der Waals surface area contributed by atoms with Crippen molar-refractivity contribution in [1.29, 1.82) is 0 Å². The molecule has 1 aliphatic rings. The highest BCUT2D eigenvalue weighted by molar-refractivity contribution is 5.33. The third-order valence-corrected chi connectivity index (χ3v) is 4.20. The SMILES string of the molecule is COc1ccccc1CN1CCN(Cc2cn(C)cn2)CC1. The zero-order valence-corrected chi connectivity index (χ0v) is 13.4. The predicted molar refractivity (Wildman–Crippen MR) is 86.8 cm³/mol. The molecule has 2 heterocycles. The van der Waals surface area contributed by atoms with Crippen LogP contribution in [0.3, 0.4) is 0 Å². The zero-order valence-electron chi connectivity index (χ0n) is 13.4. The summed E-state index contributed by atoms with van der Waals surface area (Å²) in [6, 6.07) is 8.29. The maximum Gasteiger partial charge on any atom is 0.123 e. The molecule has 118 valence electrons. The van der Waals surface area contributed by atoms with Crippen LogP contribution in [0.2, 0.25) is 0 Å². The van der Waals surface area contributed by atoms with Crippen molar-refractivity contribution in [3.63, 3.8) is 0 Å². The molecule has 22 heavy (non-hydrogen) atoms. The number of methoxy groups -OCH3 is 1. The molecule has 1 saturated heterocycles. The second-order valence-electron chi connectivity index (χ2n) is 5.89. The van der Waals surface area contributed by atoms with Crippen LogP contribution < -0.4 is 4.74 Å². The van der Waals surface area contributed by atoms with Gasteiger partial charge in [-0.2, -0.15) is 0 Å². The summed E-state index contributed by atoms with van der Waals surface area (Å²) < 4.78 is 7.45. The van der Waals surface area contributed by atoms with Crippen molar-refractivity contribution in [2.75, 3.05) is 33.3 Å². The van der Waals surface area contributed by atoms with E-state index in [1.807, 2.05) is 30.1 Å². The second kappa shape index (κ2) is 6.94. The Morgan fingerprint density at radius 1 is 1.05 bits per heavy atom. The topological polar surface area (TPSA) is 33.5 Å². The van der Waals surface area contributed by atoms with Gasteiger partial charge >= 0.3 is 0 Å². The first-order valence-corrected chi connectivity index (χ1v) is 7.78. The fourth-order valence-corrected chi connectivity index (χ4v) is 2.96. The largest absolute Gasteiger partial charge is 0.496 e. The van der Waals surface area contributed by atoms with E-state index in [1.165, 1.54) is 5.56 Å². The summed E-state index contributed by atoms with van der Waals surface area (Å²) in [4.78, 5) is 9.38. The van der Waals surface area contributed by atoms with E-state index in [1.54, 1.807) is 7.11 Å². The van der Waals surface area contributed by atoms with Crippen LogP contribution in [0.25, 0.3) is 0 Å². The van der Waals surface area contributed by atoms with E-state index in [9.17, 15) is 0 Å². The fourth-order valence-electron chi connectivity index (χ4n) is 2.96. The van der Waals surface area contributed by atoms with Crippen molar-refractivity contribution < 1.29 is 4.74 Å². The van der Waals surface area contributed by atoms with E-state index in [0.717, 1.165) is 50.7 Å². The standard InChI is InChI=1S/C17H24N4O/c1-19-12-16(18-14-19)13-21-9-7-20(8-10-21)11-15-5-3-4-6-17(15)22-2/h3-6,12,14H,7-11,13H2,1-2H3. The molecule has 0 bridgehead atoms. The quantitative estimate of drug-likeness (QED) is 0.842. The number of para-hydroxylation sites is 1. The van der Waals surface area contributed by atoms with Gasteiger partial charge in [-0.3, -0.25) is 9.80 Å². The van der Waals surface area contributed by atoms with Crippen LogP contribution in [-0.4, -0.2) is 52.6 Å². The smallest absolute Gasteiger partial charge is 0.123 e. The van der Waals surface area contributed by atoms with E-state index in [0.29, 0.717) is 0 Å². The number of hydrogen-bond donors (Lipinski definition) is 0. The molecule has 0 unspecified atom stereocenters. The number of piperazine rings is 1. The van der Waals surface area contributed by atoms with E-state index < -0.39 is 0 Å². The van der Waals surface area contributed by atoms with Gasteiger partial charge in [0.25, 0.3) is 0 Å². The van der Waals surface area contributed by atoms with Crippen molar-refractivity contribution in [2.45, 2.75) is 13.1 Å². The number of nitrogens with zero attached hydrogens (tertiary/aromatic N) is 4. The molecular formula is C17H24N4O. The first-order chi connectivity index (χ1) is 10.7. The van der Waals surface area contributed by atoms with Crippen molar-refractivity contribution in [3.8, 4) is 5.75 Å². The summed E-state index contributed by atoms with van der Waals surface area (Å²) in [7, 11) is 3.76. The van der Waals surface area contributed by atoms with E-state index >= 15 is 0 Å². The minimum absolute atomic E-state index is 0.948. The molecule has 0 amide bonds. The predicted octanol–water partition coefficient (Wildman–Crippen LogP) is 1.75. The average Bonchev–Trinajstić information content (AvgIpc) is 2.95. The Balaban J connectivity index is 1.51. The van der Waals surface area contributed by atoms with E-state index in [4.69, 9.17) is 4.74 Å². The lowest BCUT2D eigenvalue weighted by Gasteiger charge is -2.34. The van der Waals surface area contributed by atoms with Gasteiger partial charge in [-0.25, -0.2) is 4.98 Å². The first-order valence-electron chi connectivity index (χ1n) is 7.78. The van der Waals surface area contributed by atoms with Crippen LogP contribution in [0, 0.1) is 0 Å². The van der Waals surface area contributed by atoms with Gasteiger partial charge < -0.3 is 9.30 Å². The number of imidazole rings is 1. The van der Waals surface area contributed by atoms with Crippen LogP contribution in [-0.2, 0) is 20.1 Å². The van der Waals surface area contributed by atoms with Gasteiger partial charge in [0.2, 0.25) is 0 Å². The molecule has 0 saturated carbocycles. The maximum absolute atomic E-state index is 5.44. The Bertz CT molecular complexity index is 602. The number of ether oxygens (including phenoxy) is 1. The minimum atomic E-state index is 0.948. The zero-order chi connectivity index (χ0) is 15.4. The summed E-state index contributed by atoms with van der Waals surface area (Å²) in [5.41, 5.74) is 2.42. The Morgan fingerprint density at radius 3 is 2.36 bits per heavy atom. The van der Waals surface area contributed by atoms with Crippen molar-refractivity contribution in [1.82, 2.24) is 19.4 Å². The minimum Gasteiger partial charge on any atom is -0.496 e. The molecule has 5 heteroatoms. The van der Waals surface area contributed by atoms with Crippen LogP contribution in [0.15, 0.2) is 36.8 Å². The number of benzene rings is 1. The van der Waals surface area contributed by atoms with E-state index in [2.05, 4.69) is 33.1 Å². The number of aryl methyl sites for hydroxylation is 1. The Morgan fingerprint density at radius 2 is 1.73 bits per heavy atom. The molecule has 5 nitrogen and oxygen atoms in total. The Kier molecular flexibility index (Phi) is 4.75. The average molecular weight is 300 g/mol. The molecule has 1 aliphatic heterocycles. The number of aromatic nitrogens is 2. The van der Waals surface area contributed by atoms with Gasteiger partial charge in [-0.1, -0.05) is 18.2 Å². The van der Waals surface area contributed by atoms with E-state index in [-0.39, 0.29) is 0 Å². The molecule has 0 N–H and O–H groups in total. The number of hydrogen-bond acceptors (Lipinski definition) is 4. The van der Waals surface area contributed by atoms with Gasteiger partial charge in [0.05, 0.1) is 19.1 Å². The van der Waals surface area contributed by atoms with Crippen molar-refractivity contribution in [3.05, 3.63) is 48.0 Å². The number of rotatable bonds is 5. The Hall–Kier alpha value is -1.85. The summed E-state index contributed by atoms with van der Waals surface area (Å²) in [6.07, 6.45) is 3.97. The molecular weight excluding hydrogens is 276 g/mol. The third-order valence-electron chi connectivity index (χ3n) is 4.20. The summed E-state index contributed by atoms with van der Waals surface area (Å²) in [6.45, 7) is 6.26. The summed E-state index contributed by atoms with van der Waals surface area (Å²) >= 11 is 0. The molecule has 0 radical (unpaired) electrons. The molecule has 1 aromatic heterocycles. The summed E-state index contributed by atoms with van der Waals surface area (Å²) in [5, 5.41) is 0. The van der Waals surface area contributed by atoms with Crippen molar-refractivity contribution >= 4 is 0 Å². The summed E-state index contributed by atoms with van der Waals surface area (Å²) in [5.74, 6) is 0.985. The van der Waals surface area contributed by atoms with Crippen LogP contribution in [0.1, 0.15) is 11.3 Å². The second-order valence-corrected chi connectivity index (χ2v) is 5.89. The van der Waals surface area contributed by atoms with Gasteiger partial charge in [0.1, 0.15) is 5.75 Å². The molecule has 0 spiro atoms. The lowest BCUT2D eigenvalue weighted by atomic mass is 10.1. The molecule has 2 aromatic rings. The Labute approximate surface area is 132 Å². The molecule has 0 aliphatic carbocycles. The molecule has 1 aromatic carbocycles. The van der Waals surface area contributed by atoms with Gasteiger partial charge in [0.15, 0.2) is 0 Å². The lowest BCUT2D eigenvalue weighted by molar-refractivity contribution is 0.120.